The lowest BCUT2D eigenvalue weighted by molar-refractivity contribution is -0.120. The van der Waals surface area contributed by atoms with Gasteiger partial charge in [0.2, 0.25) is 5.91 Å². The lowest BCUT2D eigenvalue weighted by atomic mass is 9.88. The first-order chi connectivity index (χ1) is 14.6. The molecule has 6 nitrogen and oxygen atoms in total. The van der Waals surface area contributed by atoms with Crippen LogP contribution in [0.5, 0.6) is 0 Å². The van der Waals surface area contributed by atoms with Gasteiger partial charge in [-0.3, -0.25) is 9.79 Å². The highest BCUT2D eigenvalue weighted by Crippen LogP contribution is 2.25. The highest BCUT2D eigenvalue weighted by Gasteiger charge is 2.21. The van der Waals surface area contributed by atoms with Crippen LogP contribution >= 0.6 is 11.6 Å². The lowest BCUT2D eigenvalue weighted by Gasteiger charge is -2.21. The van der Waals surface area contributed by atoms with Crippen LogP contribution in [0.1, 0.15) is 43.2 Å². The molecule has 1 fully saturated rings. The molecule has 30 heavy (non-hydrogen) atoms. The SMILES string of the molecule is CN=C(NCCc1ccc(Cl)nc1)NCc1cccc(NC(=O)C2CCCCC2)c1. The molecule has 2 aromatic rings. The Labute approximate surface area is 183 Å². The quantitative estimate of drug-likeness (QED) is 0.352. The molecular weight excluding hydrogens is 398 g/mol. The Kier molecular flexibility index (Phi) is 8.51. The summed E-state index contributed by atoms with van der Waals surface area (Å²) >= 11 is 5.82. The smallest absolute Gasteiger partial charge is 0.227 e. The Bertz CT molecular complexity index is 847. The monoisotopic (exact) mass is 427 g/mol. The Hall–Kier alpha value is -2.60. The molecule has 1 saturated carbocycles. The number of hydrogen-bond donors (Lipinski definition) is 3. The summed E-state index contributed by atoms with van der Waals surface area (Å²) in [5.41, 5.74) is 3.05. The van der Waals surface area contributed by atoms with Crippen LogP contribution < -0.4 is 16.0 Å². The summed E-state index contributed by atoms with van der Waals surface area (Å²) in [6, 6.07) is 11.7. The molecule has 0 atom stereocenters. The molecule has 1 aromatic heterocycles. The summed E-state index contributed by atoms with van der Waals surface area (Å²) in [5.74, 6) is 1.03. The van der Waals surface area contributed by atoms with Crippen molar-refractivity contribution in [2.24, 2.45) is 10.9 Å². The second-order valence-electron chi connectivity index (χ2n) is 7.62. The number of hydrogen-bond acceptors (Lipinski definition) is 3. The number of anilines is 1. The average Bonchev–Trinajstić information content (AvgIpc) is 2.78. The predicted octanol–water partition coefficient (Wildman–Crippen LogP) is 4.16. The van der Waals surface area contributed by atoms with E-state index in [1.54, 1.807) is 19.3 Å². The van der Waals surface area contributed by atoms with Crippen molar-refractivity contribution in [2.45, 2.75) is 45.1 Å². The third kappa shape index (κ3) is 7.02. The van der Waals surface area contributed by atoms with Crippen molar-refractivity contribution in [3.63, 3.8) is 0 Å². The van der Waals surface area contributed by atoms with E-state index in [1.165, 1.54) is 6.42 Å². The summed E-state index contributed by atoms with van der Waals surface area (Å²) in [6.45, 7) is 1.36. The van der Waals surface area contributed by atoms with E-state index in [1.807, 2.05) is 30.3 Å². The van der Waals surface area contributed by atoms with E-state index in [4.69, 9.17) is 11.6 Å². The molecule has 0 saturated heterocycles. The number of pyridine rings is 1. The summed E-state index contributed by atoms with van der Waals surface area (Å²) in [5, 5.41) is 10.2. The molecule has 1 aliphatic rings. The fraction of sp³-hybridized carbons (Fsp3) is 0.435. The summed E-state index contributed by atoms with van der Waals surface area (Å²) in [4.78, 5) is 20.8. The molecule has 1 aromatic carbocycles. The van der Waals surface area contributed by atoms with E-state index in [-0.39, 0.29) is 11.8 Å². The minimum Gasteiger partial charge on any atom is -0.356 e. The third-order valence-corrected chi connectivity index (χ3v) is 5.57. The third-order valence-electron chi connectivity index (χ3n) is 5.35. The van der Waals surface area contributed by atoms with E-state index >= 15 is 0 Å². The van der Waals surface area contributed by atoms with Crippen LogP contribution in [0.3, 0.4) is 0 Å². The maximum atomic E-state index is 12.5. The first-order valence-electron chi connectivity index (χ1n) is 10.6. The van der Waals surface area contributed by atoms with E-state index < -0.39 is 0 Å². The number of halogens is 1. The normalized spacial score (nSPS) is 14.9. The Morgan fingerprint density at radius 3 is 2.70 bits per heavy atom. The van der Waals surface area contributed by atoms with Crippen molar-refractivity contribution in [1.29, 1.82) is 0 Å². The standard InChI is InChI=1S/C23H30ClN5O/c1-25-23(26-13-12-17-10-11-21(24)27-15-17)28-16-18-6-5-9-20(14-18)29-22(30)19-7-3-2-4-8-19/h5-6,9-11,14-15,19H,2-4,7-8,12-13,16H2,1H3,(H,29,30)(H2,25,26,28). The van der Waals surface area contributed by atoms with Gasteiger partial charge >= 0.3 is 0 Å². The highest BCUT2D eigenvalue weighted by atomic mass is 35.5. The minimum atomic E-state index is 0.147. The zero-order valence-corrected chi connectivity index (χ0v) is 18.2. The van der Waals surface area contributed by atoms with Gasteiger partial charge < -0.3 is 16.0 Å². The first kappa shape index (κ1) is 22.1. The predicted molar refractivity (Wildman–Crippen MR) is 123 cm³/mol. The highest BCUT2D eigenvalue weighted by molar-refractivity contribution is 6.29. The molecule has 7 heteroatoms. The number of carbonyl (C=O) groups excluding carboxylic acids is 1. The molecule has 0 aliphatic heterocycles. The van der Waals surface area contributed by atoms with Gasteiger partial charge in [0.05, 0.1) is 0 Å². The van der Waals surface area contributed by atoms with Gasteiger partial charge in [-0.15, -0.1) is 0 Å². The van der Waals surface area contributed by atoms with Gasteiger partial charge in [0.25, 0.3) is 0 Å². The fourth-order valence-electron chi connectivity index (χ4n) is 3.65. The van der Waals surface area contributed by atoms with E-state index in [2.05, 4.69) is 25.9 Å². The van der Waals surface area contributed by atoms with Crippen molar-refractivity contribution in [2.75, 3.05) is 18.9 Å². The summed E-state index contributed by atoms with van der Waals surface area (Å²) in [6.07, 6.45) is 8.17. The summed E-state index contributed by atoms with van der Waals surface area (Å²) < 4.78 is 0. The van der Waals surface area contributed by atoms with Gasteiger partial charge in [0, 0.05) is 37.9 Å². The largest absolute Gasteiger partial charge is 0.356 e. The van der Waals surface area contributed by atoms with Gasteiger partial charge in [-0.2, -0.15) is 0 Å². The molecule has 160 valence electrons. The number of aliphatic imine (C=N–C) groups is 1. The number of carbonyl (C=O) groups is 1. The molecule has 3 rings (SSSR count). The number of rotatable bonds is 7. The van der Waals surface area contributed by atoms with Crippen LogP contribution in [0.25, 0.3) is 0 Å². The lowest BCUT2D eigenvalue weighted by Crippen LogP contribution is -2.37. The van der Waals surface area contributed by atoms with Gasteiger partial charge in [-0.05, 0) is 48.6 Å². The van der Waals surface area contributed by atoms with E-state index in [0.29, 0.717) is 11.7 Å². The average molecular weight is 428 g/mol. The minimum absolute atomic E-state index is 0.147. The molecule has 1 heterocycles. The molecule has 0 radical (unpaired) electrons. The van der Waals surface area contributed by atoms with Gasteiger partial charge in [0.1, 0.15) is 5.15 Å². The van der Waals surface area contributed by atoms with Crippen molar-refractivity contribution >= 4 is 29.2 Å². The second-order valence-corrected chi connectivity index (χ2v) is 8.00. The molecule has 0 unspecified atom stereocenters. The van der Waals surface area contributed by atoms with Crippen LogP contribution in [-0.4, -0.2) is 30.4 Å². The first-order valence-corrected chi connectivity index (χ1v) is 11.0. The maximum absolute atomic E-state index is 12.5. The Morgan fingerprint density at radius 1 is 1.13 bits per heavy atom. The van der Waals surface area contributed by atoms with Crippen molar-refractivity contribution in [3.05, 3.63) is 58.9 Å². The van der Waals surface area contributed by atoms with Crippen molar-refractivity contribution in [3.8, 4) is 0 Å². The number of guanidine groups is 1. The number of nitrogens with one attached hydrogen (secondary N) is 3. The number of benzene rings is 1. The van der Waals surface area contributed by atoms with Crippen LogP contribution in [-0.2, 0) is 17.8 Å². The van der Waals surface area contributed by atoms with Gasteiger partial charge in [-0.25, -0.2) is 4.98 Å². The maximum Gasteiger partial charge on any atom is 0.227 e. The molecule has 1 amide bonds. The van der Waals surface area contributed by atoms with Crippen molar-refractivity contribution in [1.82, 2.24) is 15.6 Å². The molecule has 3 N–H and O–H groups in total. The number of nitrogens with zero attached hydrogens (tertiary/aromatic N) is 2. The molecule has 0 spiro atoms. The van der Waals surface area contributed by atoms with E-state index in [0.717, 1.165) is 61.4 Å². The summed E-state index contributed by atoms with van der Waals surface area (Å²) in [7, 11) is 1.75. The molecular formula is C23H30ClN5O. The van der Waals surface area contributed by atoms with Gasteiger partial charge in [-0.1, -0.05) is 49.1 Å². The van der Waals surface area contributed by atoms with Crippen LogP contribution in [0, 0.1) is 5.92 Å². The van der Waals surface area contributed by atoms with Crippen LogP contribution in [0.15, 0.2) is 47.6 Å². The topological polar surface area (TPSA) is 78.4 Å². The number of aromatic nitrogens is 1. The number of amides is 1. The second kappa shape index (κ2) is 11.6. The van der Waals surface area contributed by atoms with Crippen LogP contribution in [0.4, 0.5) is 5.69 Å². The van der Waals surface area contributed by atoms with Crippen molar-refractivity contribution < 1.29 is 4.79 Å². The molecule has 1 aliphatic carbocycles. The van der Waals surface area contributed by atoms with E-state index in [9.17, 15) is 4.79 Å². The van der Waals surface area contributed by atoms with Crippen LogP contribution in [0.2, 0.25) is 5.15 Å². The Morgan fingerprint density at radius 2 is 1.97 bits per heavy atom. The zero-order valence-electron chi connectivity index (χ0n) is 17.5. The zero-order chi connectivity index (χ0) is 21.2. The molecule has 0 bridgehead atoms. The fourth-order valence-corrected chi connectivity index (χ4v) is 3.77. The Balaban J connectivity index is 1.45. The van der Waals surface area contributed by atoms with Gasteiger partial charge in [0.15, 0.2) is 5.96 Å².